The van der Waals surface area contributed by atoms with Crippen LogP contribution in [0.4, 0.5) is 5.69 Å². The summed E-state index contributed by atoms with van der Waals surface area (Å²) in [5.41, 5.74) is 7.63. The van der Waals surface area contributed by atoms with Crippen LogP contribution in [0.25, 0.3) is 0 Å². The van der Waals surface area contributed by atoms with E-state index in [0.717, 1.165) is 12.1 Å². The molecule has 0 radical (unpaired) electrons. The lowest BCUT2D eigenvalue weighted by Gasteiger charge is -2.19. The molecule has 0 fully saturated rings. The molecule has 3 N–H and O–H groups in total. The lowest BCUT2D eigenvalue weighted by Crippen LogP contribution is -2.34. The van der Waals surface area contributed by atoms with Gasteiger partial charge in [-0.25, -0.2) is 0 Å². The molecule has 76 valence electrons. The van der Waals surface area contributed by atoms with Crippen molar-refractivity contribution in [2.75, 3.05) is 11.9 Å². The number of aryl methyl sites for hydroxylation is 1. The van der Waals surface area contributed by atoms with E-state index in [1.807, 2.05) is 24.3 Å². The normalized spacial score (nSPS) is 11.4. The maximum Gasteiger partial charge on any atom is 0.237 e. The highest BCUT2D eigenvalue weighted by atomic mass is 16.4. The van der Waals surface area contributed by atoms with Crippen molar-refractivity contribution in [2.45, 2.75) is 13.3 Å². The Labute approximate surface area is 83.6 Å². The van der Waals surface area contributed by atoms with E-state index in [4.69, 9.17) is 10.9 Å². The Balaban J connectivity index is 3.05. The molecular formula is C10H15N3O. The van der Waals surface area contributed by atoms with Crippen LogP contribution >= 0.6 is 0 Å². The highest BCUT2D eigenvalue weighted by molar-refractivity contribution is 5.94. The summed E-state index contributed by atoms with van der Waals surface area (Å²) in [6, 6.07) is 7.87. The van der Waals surface area contributed by atoms with E-state index in [1.54, 1.807) is 11.9 Å². The Hall–Kier alpha value is -1.71. The van der Waals surface area contributed by atoms with Gasteiger partial charge in [0.1, 0.15) is 0 Å². The maximum absolute atomic E-state index is 8.55. The van der Waals surface area contributed by atoms with E-state index >= 15 is 0 Å². The monoisotopic (exact) mass is 193 g/mol. The van der Waals surface area contributed by atoms with Gasteiger partial charge in [-0.15, -0.1) is 0 Å². The third kappa shape index (κ3) is 1.96. The van der Waals surface area contributed by atoms with Crippen molar-refractivity contribution in [3.05, 3.63) is 29.8 Å². The Bertz CT molecular complexity index is 336. The molecule has 0 aliphatic rings. The molecule has 0 amide bonds. The van der Waals surface area contributed by atoms with Crippen molar-refractivity contribution < 1.29 is 5.21 Å². The number of guanidine groups is 1. The number of rotatable bonds is 2. The van der Waals surface area contributed by atoms with Gasteiger partial charge in [-0.05, 0) is 18.1 Å². The SMILES string of the molecule is CCc1ccccc1N(C)/C(N)=N/O. The van der Waals surface area contributed by atoms with Gasteiger partial charge in [0, 0.05) is 12.7 Å². The van der Waals surface area contributed by atoms with E-state index < -0.39 is 0 Å². The van der Waals surface area contributed by atoms with Crippen molar-refractivity contribution in [1.82, 2.24) is 0 Å². The number of anilines is 1. The topological polar surface area (TPSA) is 61.8 Å². The molecule has 1 aromatic rings. The smallest absolute Gasteiger partial charge is 0.237 e. The van der Waals surface area contributed by atoms with E-state index in [9.17, 15) is 0 Å². The Morgan fingerprint density at radius 3 is 2.71 bits per heavy atom. The first kappa shape index (κ1) is 10.4. The van der Waals surface area contributed by atoms with Gasteiger partial charge in [-0.1, -0.05) is 30.3 Å². The largest absolute Gasteiger partial charge is 0.408 e. The van der Waals surface area contributed by atoms with Gasteiger partial charge in [0.25, 0.3) is 0 Å². The minimum absolute atomic E-state index is 0.0888. The first-order chi connectivity index (χ1) is 6.70. The molecule has 0 bridgehead atoms. The van der Waals surface area contributed by atoms with Crippen molar-refractivity contribution in [3.63, 3.8) is 0 Å². The van der Waals surface area contributed by atoms with Gasteiger partial charge in [0.2, 0.25) is 5.96 Å². The molecule has 0 aliphatic carbocycles. The van der Waals surface area contributed by atoms with Gasteiger partial charge in [-0.2, -0.15) is 0 Å². The summed E-state index contributed by atoms with van der Waals surface area (Å²) in [4.78, 5) is 1.65. The summed E-state index contributed by atoms with van der Waals surface area (Å²) in [7, 11) is 1.77. The van der Waals surface area contributed by atoms with Crippen LogP contribution in [0.3, 0.4) is 0 Å². The summed E-state index contributed by atoms with van der Waals surface area (Å²) in [6.45, 7) is 2.07. The van der Waals surface area contributed by atoms with E-state index in [2.05, 4.69) is 12.1 Å². The van der Waals surface area contributed by atoms with E-state index in [1.165, 1.54) is 5.56 Å². The molecule has 0 heterocycles. The zero-order valence-corrected chi connectivity index (χ0v) is 8.44. The standard InChI is InChI=1S/C10H15N3O/c1-3-8-6-4-5-7-9(8)13(2)10(11)12-14/h4-7,14H,3H2,1-2H3,(H2,11,12). The molecule has 0 saturated heterocycles. The molecular weight excluding hydrogens is 178 g/mol. The average molecular weight is 193 g/mol. The molecule has 0 saturated carbocycles. The van der Waals surface area contributed by atoms with Crippen LogP contribution in [-0.2, 0) is 6.42 Å². The minimum atomic E-state index is 0.0888. The summed E-state index contributed by atoms with van der Waals surface area (Å²) in [5.74, 6) is 0.0888. The minimum Gasteiger partial charge on any atom is -0.408 e. The second kappa shape index (κ2) is 4.50. The first-order valence-corrected chi connectivity index (χ1v) is 4.49. The lowest BCUT2D eigenvalue weighted by molar-refractivity contribution is 0.317. The fourth-order valence-electron chi connectivity index (χ4n) is 1.33. The Morgan fingerprint density at radius 1 is 1.50 bits per heavy atom. The number of nitrogens with zero attached hydrogens (tertiary/aromatic N) is 2. The Morgan fingerprint density at radius 2 is 2.14 bits per heavy atom. The number of hydrogen-bond acceptors (Lipinski definition) is 2. The van der Waals surface area contributed by atoms with E-state index in [-0.39, 0.29) is 5.96 Å². The number of benzene rings is 1. The predicted molar refractivity (Wildman–Crippen MR) is 57.6 cm³/mol. The molecule has 4 nitrogen and oxygen atoms in total. The zero-order chi connectivity index (χ0) is 10.6. The van der Waals surface area contributed by atoms with Crippen molar-refractivity contribution >= 4 is 11.6 Å². The van der Waals surface area contributed by atoms with Crippen molar-refractivity contribution in [3.8, 4) is 0 Å². The van der Waals surface area contributed by atoms with Gasteiger partial charge < -0.3 is 15.8 Å². The van der Waals surface area contributed by atoms with Crippen molar-refractivity contribution in [1.29, 1.82) is 0 Å². The molecule has 1 rings (SSSR count). The fraction of sp³-hybridized carbons (Fsp3) is 0.300. The lowest BCUT2D eigenvalue weighted by atomic mass is 10.1. The quantitative estimate of drug-likeness (QED) is 0.323. The number of nitrogens with two attached hydrogens (primary N) is 1. The number of para-hydroxylation sites is 1. The predicted octanol–water partition coefficient (Wildman–Crippen LogP) is 1.39. The van der Waals surface area contributed by atoms with Crippen LogP contribution in [0.2, 0.25) is 0 Å². The van der Waals surface area contributed by atoms with Crippen LogP contribution in [0.1, 0.15) is 12.5 Å². The molecule has 0 aliphatic heterocycles. The maximum atomic E-state index is 8.55. The second-order valence-electron chi connectivity index (χ2n) is 3.00. The van der Waals surface area contributed by atoms with Gasteiger partial charge >= 0.3 is 0 Å². The number of oxime groups is 1. The van der Waals surface area contributed by atoms with Crippen LogP contribution in [-0.4, -0.2) is 18.2 Å². The molecule has 14 heavy (non-hydrogen) atoms. The van der Waals surface area contributed by atoms with Crippen LogP contribution in [0.5, 0.6) is 0 Å². The van der Waals surface area contributed by atoms with Gasteiger partial charge in [0.05, 0.1) is 0 Å². The molecule has 0 spiro atoms. The number of hydrogen-bond donors (Lipinski definition) is 2. The summed E-state index contributed by atoms with van der Waals surface area (Å²) in [5, 5.41) is 11.5. The van der Waals surface area contributed by atoms with Crippen molar-refractivity contribution in [2.24, 2.45) is 10.9 Å². The molecule has 0 aromatic heterocycles. The van der Waals surface area contributed by atoms with Crippen LogP contribution in [0.15, 0.2) is 29.4 Å². The Kier molecular flexibility index (Phi) is 3.34. The molecule has 4 heteroatoms. The summed E-state index contributed by atoms with van der Waals surface area (Å²) in [6.07, 6.45) is 0.916. The van der Waals surface area contributed by atoms with Gasteiger partial charge in [-0.3, -0.25) is 0 Å². The molecule has 1 aromatic carbocycles. The average Bonchev–Trinajstić information content (AvgIpc) is 2.26. The fourth-order valence-corrected chi connectivity index (χ4v) is 1.33. The highest BCUT2D eigenvalue weighted by Crippen LogP contribution is 2.18. The zero-order valence-electron chi connectivity index (χ0n) is 8.44. The van der Waals surface area contributed by atoms with E-state index in [0.29, 0.717) is 0 Å². The molecule has 0 atom stereocenters. The summed E-state index contributed by atoms with van der Waals surface area (Å²) < 4.78 is 0. The van der Waals surface area contributed by atoms with Gasteiger partial charge in [0.15, 0.2) is 0 Å². The van der Waals surface area contributed by atoms with Crippen LogP contribution in [0, 0.1) is 0 Å². The third-order valence-corrected chi connectivity index (χ3v) is 2.18. The molecule has 0 unspecified atom stereocenters. The highest BCUT2D eigenvalue weighted by Gasteiger charge is 2.08. The van der Waals surface area contributed by atoms with Crippen LogP contribution < -0.4 is 10.6 Å². The third-order valence-electron chi connectivity index (χ3n) is 2.18. The first-order valence-electron chi connectivity index (χ1n) is 4.49. The summed E-state index contributed by atoms with van der Waals surface area (Å²) >= 11 is 0. The second-order valence-corrected chi connectivity index (χ2v) is 3.00.